The van der Waals surface area contributed by atoms with Gasteiger partial charge in [-0.15, -0.1) is 0 Å². The van der Waals surface area contributed by atoms with E-state index in [1.807, 2.05) is 0 Å². The Kier molecular flexibility index (Phi) is 4.41. The van der Waals surface area contributed by atoms with Crippen molar-refractivity contribution in [3.63, 3.8) is 0 Å². The van der Waals surface area contributed by atoms with E-state index < -0.39 is 21.6 Å². The van der Waals surface area contributed by atoms with Crippen LogP contribution >= 0.6 is 0 Å². The van der Waals surface area contributed by atoms with Crippen LogP contribution in [0.4, 0.5) is 19.0 Å². The van der Waals surface area contributed by atoms with Crippen LogP contribution in [-0.2, 0) is 15.9 Å². The van der Waals surface area contributed by atoms with Crippen LogP contribution in [0.15, 0.2) is 42.7 Å². The Morgan fingerprint density at radius 2 is 1.91 bits per heavy atom. The Balaban J connectivity index is 2.36. The Bertz CT molecular complexity index is 764. The van der Waals surface area contributed by atoms with Gasteiger partial charge in [0.25, 0.3) is 0 Å². The summed E-state index contributed by atoms with van der Waals surface area (Å²) in [4.78, 5) is 7.80. The Morgan fingerprint density at radius 1 is 1.18 bits per heavy atom. The first-order valence-corrected chi connectivity index (χ1v) is 8.22. The average molecular weight is 329 g/mol. The maximum Gasteiger partial charge on any atom is 0.433 e. The van der Waals surface area contributed by atoms with E-state index in [4.69, 9.17) is 0 Å². The van der Waals surface area contributed by atoms with Gasteiger partial charge in [0.1, 0.15) is 11.5 Å². The fourth-order valence-corrected chi connectivity index (χ4v) is 2.94. The topological polar surface area (TPSA) is 54.9 Å². The summed E-state index contributed by atoms with van der Waals surface area (Å²) in [5.41, 5.74) is -0.603. The highest BCUT2D eigenvalue weighted by Crippen LogP contribution is 2.27. The van der Waals surface area contributed by atoms with Crippen molar-refractivity contribution >= 4 is 20.4 Å². The monoisotopic (exact) mass is 329 g/mol. The van der Waals surface area contributed by atoms with Gasteiger partial charge in [-0.2, -0.15) is 13.2 Å². The molecule has 0 amide bonds. The van der Waals surface area contributed by atoms with Crippen LogP contribution in [-0.4, -0.2) is 25.3 Å². The number of halogens is 3. The molecular formula is C14H14F3N3OS. The lowest BCUT2D eigenvalue weighted by Gasteiger charge is -2.13. The molecule has 0 aliphatic rings. The summed E-state index contributed by atoms with van der Waals surface area (Å²) in [7, 11) is -2.68. The maximum absolute atomic E-state index is 12.7. The van der Waals surface area contributed by atoms with Crippen molar-refractivity contribution in [3.05, 3.63) is 54.0 Å². The van der Waals surface area contributed by atoms with Crippen molar-refractivity contribution in [1.29, 1.82) is 0 Å². The molecule has 0 aromatic carbocycles. The van der Waals surface area contributed by atoms with Crippen molar-refractivity contribution in [2.75, 3.05) is 11.0 Å². The van der Waals surface area contributed by atoms with Crippen LogP contribution in [0.5, 0.6) is 0 Å². The number of rotatable bonds is 3. The van der Waals surface area contributed by atoms with Gasteiger partial charge in [0.05, 0.1) is 9.71 Å². The highest BCUT2D eigenvalue weighted by atomic mass is 32.2. The van der Waals surface area contributed by atoms with Gasteiger partial charge in [-0.3, -0.25) is 9.71 Å². The van der Waals surface area contributed by atoms with Crippen LogP contribution in [0.3, 0.4) is 0 Å². The molecule has 0 aliphatic heterocycles. The van der Waals surface area contributed by atoms with E-state index >= 15 is 0 Å². The number of aromatic nitrogens is 2. The Labute approximate surface area is 126 Å². The molecule has 0 radical (unpaired) electrons. The highest BCUT2D eigenvalue weighted by molar-refractivity contribution is 8.03. The van der Waals surface area contributed by atoms with Crippen LogP contribution in [0.25, 0.3) is 0 Å². The van der Waals surface area contributed by atoms with E-state index in [2.05, 4.69) is 14.7 Å². The van der Waals surface area contributed by atoms with Gasteiger partial charge in [0.2, 0.25) is 0 Å². The fraction of sp³-hybridized carbons (Fsp3) is 0.214. The molecule has 8 heteroatoms. The SMILES string of the molecule is CC(c1ccc(C(F)(F)F)nc1)=S(C)(=O)Nc1ccccn1. The first-order valence-electron chi connectivity index (χ1n) is 6.25. The first kappa shape index (κ1) is 16.3. The summed E-state index contributed by atoms with van der Waals surface area (Å²) in [6, 6.07) is 7.24. The zero-order valence-electron chi connectivity index (χ0n) is 11.9. The van der Waals surface area contributed by atoms with E-state index in [1.54, 1.807) is 31.3 Å². The summed E-state index contributed by atoms with van der Waals surface area (Å²) in [6.45, 7) is 1.59. The van der Waals surface area contributed by atoms with Crippen molar-refractivity contribution < 1.29 is 17.4 Å². The second kappa shape index (κ2) is 5.96. The van der Waals surface area contributed by atoms with E-state index in [0.717, 1.165) is 12.3 Å². The molecule has 0 bridgehead atoms. The molecule has 4 nitrogen and oxygen atoms in total. The molecule has 0 aliphatic carbocycles. The first-order chi connectivity index (χ1) is 10.2. The van der Waals surface area contributed by atoms with Crippen LogP contribution < -0.4 is 4.72 Å². The number of anilines is 1. The third-order valence-corrected chi connectivity index (χ3v) is 5.01. The lowest BCUT2D eigenvalue weighted by Crippen LogP contribution is -2.20. The van der Waals surface area contributed by atoms with E-state index in [9.17, 15) is 17.4 Å². The molecule has 118 valence electrons. The van der Waals surface area contributed by atoms with Crippen molar-refractivity contribution in [2.24, 2.45) is 0 Å². The molecule has 22 heavy (non-hydrogen) atoms. The Hall–Kier alpha value is -2.09. The molecule has 2 aromatic heterocycles. The van der Waals surface area contributed by atoms with Gasteiger partial charge < -0.3 is 0 Å². The summed E-state index contributed by atoms with van der Waals surface area (Å²) >= 11 is 0. The van der Waals surface area contributed by atoms with E-state index in [-0.39, 0.29) is 0 Å². The number of pyridine rings is 2. The minimum atomic E-state index is -4.49. The largest absolute Gasteiger partial charge is 0.433 e. The third-order valence-electron chi connectivity index (χ3n) is 3.01. The van der Waals surface area contributed by atoms with Crippen molar-refractivity contribution in [1.82, 2.24) is 9.97 Å². The lowest BCUT2D eigenvalue weighted by molar-refractivity contribution is -0.141. The van der Waals surface area contributed by atoms with E-state index in [0.29, 0.717) is 16.2 Å². The van der Waals surface area contributed by atoms with E-state index in [1.165, 1.54) is 12.3 Å². The van der Waals surface area contributed by atoms with Gasteiger partial charge in [-0.25, -0.2) is 9.19 Å². The number of nitrogens with zero attached hydrogens (tertiary/aromatic N) is 2. The maximum atomic E-state index is 12.7. The van der Waals surface area contributed by atoms with Gasteiger partial charge >= 0.3 is 6.18 Å². The quantitative estimate of drug-likeness (QED) is 0.696. The predicted octanol–water partition coefficient (Wildman–Crippen LogP) is 2.98. The highest BCUT2D eigenvalue weighted by Gasteiger charge is 2.32. The third kappa shape index (κ3) is 3.76. The average Bonchev–Trinajstić information content (AvgIpc) is 2.46. The predicted molar refractivity (Wildman–Crippen MR) is 80.9 cm³/mol. The summed E-state index contributed by atoms with van der Waals surface area (Å²) in [5.74, 6) is 0.425. The summed E-state index contributed by atoms with van der Waals surface area (Å²) < 4.78 is 53.0. The van der Waals surface area contributed by atoms with Crippen LogP contribution in [0, 0.1) is 0 Å². The molecule has 1 N–H and O–H groups in total. The van der Waals surface area contributed by atoms with Gasteiger partial charge in [0, 0.05) is 29.1 Å². The molecule has 2 aromatic rings. The molecule has 0 spiro atoms. The van der Waals surface area contributed by atoms with Gasteiger partial charge in [0.15, 0.2) is 0 Å². The standard InChI is InChI=1S/C14H14F3N3OS/c1-10(11-6-7-12(19-9-11)14(15,16)17)22(2,21)20-13-5-3-4-8-18-13/h3-9H,1-2H3,(H,18,20,21). The number of hydrogen-bond acceptors (Lipinski definition) is 3. The summed E-state index contributed by atoms with van der Waals surface area (Å²) in [6.07, 6.45) is -0.408. The Morgan fingerprint density at radius 3 is 2.41 bits per heavy atom. The molecule has 0 fully saturated rings. The van der Waals surface area contributed by atoms with Gasteiger partial charge in [-0.1, -0.05) is 12.1 Å². The number of alkyl halides is 3. The van der Waals surface area contributed by atoms with Crippen LogP contribution in [0.2, 0.25) is 0 Å². The normalized spacial score (nSPS) is 14.2. The second-order valence-electron chi connectivity index (χ2n) is 4.65. The zero-order chi connectivity index (χ0) is 16.4. The molecule has 0 saturated heterocycles. The lowest BCUT2D eigenvalue weighted by atomic mass is 10.2. The second-order valence-corrected chi connectivity index (χ2v) is 7.15. The molecule has 0 saturated carbocycles. The number of hydrogen-bond donors (Lipinski definition) is 1. The molecular weight excluding hydrogens is 315 g/mol. The van der Waals surface area contributed by atoms with Crippen LogP contribution in [0.1, 0.15) is 18.2 Å². The molecule has 1 unspecified atom stereocenters. The molecule has 2 rings (SSSR count). The fourth-order valence-electron chi connectivity index (χ4n) is 1.69. The molecule has 2 heterocycles. The number of nitrogens with one attached hydrogen (secondary N) is 1. The minimum absolute atomic E-state index is 0.379. The molecule has 1 atom stereocenters. The van der Waals surface area contributed by atoms with Crippen molar-refractivity contribution in [2.45, 2.75) is 13.1 Å². The minimum Gasteiger partial charge on any atom is -0.297 e. The van der Waals surface area contributed by atoms with Gasteiger partial charge in [-0.05, 0) is 25.1 Å². The smallest absolute Gasteiger partial charge is 0.297 e. The summed E-state index contributed by atoms with van der Waals surface area (Å²) in [5, 5.41) is 0. The van der Waals surface area contributed by atoms with Crippen molar-refractivity contribution in [3.8, 4) is 0 Å². The zero-order valence-corrected chi connectivity index (χ0v) is 12.7.